The molecule has 17 heavy (non-hydrogen) atoms. The number of nitrogens with one attached hydrogen (secondary N) is 1. The van der Waals surface area contributed by atoms with Gasteiger partial charge in [0, 0.05) is 36.6 Å². The van der Waals surface area contributed by atoms with E-state index >= 15 is 0 Å². The molecule has 0 aliphatic rings. The van der Waals surface area contributed by atoms with Gasteiger partial charge in [-0.2, -0.15) is 0 Å². The van der Waals surface area contributed by atoms with Crippen LogP contribution < -0.4 is 5.32 Å². The molecule has 88 valence electrons. The average molecular weight is 226 g/mol. The predicted molar refractivity (Wildman–Crippen MR) is 72.8 cm³/mol. The van der Waals surface area contributed by atoms with Gasteiger partial charge in [-0.1, -0.05) is 12.1 Å². The van der Waals surface area contributed by atoms with Crippen molar-refractivity contribution in [1.29, 1.82) is 0 Å². The number of unbranched alkanes of at least 4 members (excludes halogenated alkanes) is 1. The lowest BCUT2D eigenvalue weighted by Gasteiger charge is -2.06. The number of terminal acetylenes is 1. The Labute approximate surface area is 103 Å². The van der Waals surface area contributed by atoms with E-state index in [4.69, 9.17) is 6.42 Å². The number of fused-ring (bicyclic) bond motifs is 1. The summed E-state index contributed by atoms with van der Waals surface area (Å²) in [5, 5.41) is 4.54. The van der Waals surface area contributed by atoms with Crippen molar-refractivity contribution in [3.63, 3.8) is 0 Å². The molecular formula is C15H18N2. The monoisotopic (exact) mass is 226 g/mol. The molecule has 1 N–H and O–H groups in total. The Morgan fingerprint density at radius 1 is 1.35 bits per heavy atom. The molecule has 0 fully saturated rings. The quantitative estimate of drug-likeness (QED) is 0.613. The summed E-state index contributed by atoms with van der Waals surface area (Å²) in [4.78, 5) is 0. The molecule has 0 radical (unpaired) electrons. The molecule has 1 aromatic carbocycles. The summed E-state index contributed by atoms with van der Waals surface area (Å²) in [6, 6.07) is 8.65. The van der Waals surface area contributed by atoms with Crippen LogP contribution in [0.2, 0.25) is 0 Å². The Kier molecular flexibility index (Phi) is 3.85. The van der Waals surface area contributed by atoms with Crippen molar-refractivity contribution in [1.82, 2.24) is 9.88 Å². The molecule has 2 nitrogen and oxygen atoms in total. The predicted octanol–water partition coefficient (Wildman–Crippen LogP) is 2.77. The number of hydrogen-bond acceptors (Lipinski definition) is 1. The molecule has 0 amide bonds. The highest BCUT2D eigenvalue weighted by molar-refractivity contribution is 5.83. The summed E-state index contributed by atoms with van der Waals surface area (Å²) >= 11 is 0. The zero-order chi connectivity index (χ0) is 12.1. The van der Waals surface area contributed by atoms with E-state index in [1.165, 1.54) is 16.5 Å². The summed E-state index contributed by atoms with van der Waals surface area (Å²) in [7, 11) is 1.97. The van der Waals surface area contributed by atoms with Crippen LogP contribution in [0.25, 0.3) is 10.9 Å². The first-order valence-electron chi connectivity index (χ1n) is 6.01. The average Bonchev–Trinajstić information content (AvgIpc) is 2.75. The molecule has 0 saturated carbocycles. The van der Waals surface area contributed by atoms with Gasteiger partial charge in [0.2, 0.25) is 0 Å². The van der Waals surface area contributed by atoms with Crippen LogP contribution in [0.4, 0.5) is 0 Å². The Hall–Kier alpha value is -1.72. The third-order valence-electron chi connectivity index (χ3n) is 2.99. The zero-order valence-electron chi connectivity index (χ0n) is 10.2. The van der Waals surface area contributed by atoms with Gasteiger partial charge in [0.15, 0.2) is 0 Å². The molecule has 0 atom stereocenters. The lowest BCUT2D eigenvalue weighted by atomic mass is 10.1. The third kappa shape index (κ3) is 2.51. The van der Waals surface area contributed by atoms with E-state index < -0.39 is 0 Å². The maximum Gasteiger partial charge on any atom is 0.0483 e. The smallest absolute Gasteiger partial charge is 0.0483 e. The van der Waals surface area contributed by atoms with E-state index in [1.807, 2.05) is 7.05 Å². The summed E-state index contributed by atoms with van der Waals surface area (Å²) < 4.78 is 2.28. The molecule has 0 spiro atoms. The number of aromatic nitrogens is 1. The fraction of sp³-hybridized carbons (Fsp3) is 0.333. The summed E-state index contributed by atoms with van der Waals surface area (Å²) in [5.74, 6) is 2.69. The highest BCUT2D eigenvalue weighted by Crippen LogP contribution is 2.20. The first-order valence-corrected chi connectivity index (χ1v) is 6.01. The van der Waals surface area contributed by atoms with E-state index in [0.29, 0.717) is 0 Å². The van der Waals surface area contributed by atoms with E-state index in [9.17, 15) is 0 Å². The first-order chi connectivity index (χ1) is 8.36. The van der Waals surface area contributed by atoms with Crippen LogP contribution in [0.3, 0.4) is 0 Å². The van der Waals surface area contributed by atoms with Gasteiger partial charge in [-0.05, 0) is 31.2 Å². The highest BCUT2D eigenvalue weighted by atomic mass is 14.9. The van der Waals surface area contributed by atoms with Gasteiger partial charge in [-0.3, -0.25) is 0 Å². The maximum absolute atomic E-state index is 5.28. The first kappa shape index (κ1) is 11.8. The van der Waals surface area contributed by atoms with Crippen molar-refractivity contribution in [2.75, 3.05) is 7.05 Å². The molecule has 2 rings (SSSR count). The molecular weight excluding hydrogens is 208 g/mol. The Morgan fingerprint density at radius 2 is 2.24 bits per heavy atom. The van der Waals surface area contributed by atoms with Crippen LogP contribution in [0.15, 0.2) is 30.5 Å². The summed E-state index contributed by atoms with van der Waals surface area (Å²) in [6.07, 6.45) is 9.31. The van der Waals surface area contributed by atoms with E-state index in [1.54, 1.807) is 0 Å². The molecule has 1 aromatic heterocycles. The minimum absolute atomic E-state index is 0.843. The maximum atomic E-state index is 5.28. The van der Waals surface area contributed by atoms with Crippen LogP contribution in [0.1, 0.15) is 18.4 Å². The molecule has 0 aliphatic carbocycles. The molecule has 2 heteroatoms. The van der Waals surface area contributed by atoms with Crippen LogP contribution in [-0.2, 0) is 13.1 Å². The van der Waals surface area contributed by atoms with Crippen LogP contribution in [-0.4, -0.2) is 11.6 Å². The van der Waals surface area contributed by atoms with E-state index in [-0.39, 0.29) is 0 Å². The molecule has 0 bridgehead atoms. The Morgan fingerprint density at radius 3 is 3.00 bits per heavy atom. The largest absolute Gasteiger partial charge is 0.347 e. The second-order valence-corrected chi connectivity index (χ2v) is 4.20. The Bertz CT molecular complexity index is 531. The molecule has 0 saturated heterocycles. The van der Waals surface area contributed by atoms with Gasteiger partial charge in [0.05, 0.1) is 0 Å². The number of hydrogen-bond donors (Lipinski definition) is 1. The second-order valence-electron chi connectivity index (χ2n) is 4.20. The van der Waals surface area contributed by atoms with Crippen molar-refractivity contribution in [2.24, 2.45) is 0 Å². The topological polar surface area (TPSA) is 17.0 Å². The SMILES string of the molecule is C#CCCCn1ccc2c(CNC)cccc21. The van der Waals surface area contributed by atoms with Gasteiger partial charge in [-0.15, -0.1) is 12.3 Å². The normalized spacial score (nSPS) is 10.6. The summed E-state index contributed by atoms with van der Waals surface area (Å²) in [5.41, 5.74) is 2.65. The van der Waals surface area contributed by atoms with Crippen molar-refractivity contribution in [3.05, 3.63) is 36.0 Å². The molecule has 2 aromatic rings. The minimum atomic E-state index is 0.843. The fourth-order valence-corrected chi connectivity index (χ4v) is 2.18. The van der Waals surface area contributed by atoms with Crippen molar-refractivity contribution < 1.29 is 0 Å². The minimum Gasteiger partial charge on any atom is -0.347 e. The third-order valence-corrected chi connectivity index (χ3v) is 2.99. The van der Waals surface area contributed by atoms with Crippen molar-refractivity contribution >= 4 is 10.9 Å². The van der Waals surface area contributed by atoms with Crippen molar-refractivity contribution in [2.45, 2.75) is 25.9 Å². The Balaban J connectivity index is 2.28. The van der Waals surface area contributed by atoms with Gasteiger partial charge in [-0.25, -0.2) is 0 Å². The van der Waals surface area contributed by atoms with E-state index in [0.717, 1.165) is 25.9 Å². The van der Waals surface area contributed by atoms with Crippen LogP contribution >= 0.6 is 0 Å². The lowest BCUT2D eigenvalue weighted by Crippen LogP contribution is -2.05. The van der Waals surface area contributed by atoms with Crippen LogP contribution in [0, 0.1) is 12.3 Å². The lowest BCUT2D eigenvalue weighted by molar-refractivity contribution is 0.677. The van der Waals surface area contributed by atoms with Gasteiger partial charge in [0.1, 0.15) is 0 Å². The van der Waals surface area contributed by atoms with Gasteiger partial charge in [0.25, 0.3) is 0 Å². The molecule has 1 heterocycles. The number of aryl methyl sites for hydroxylation is 1. The standard InChI is InChI=1S/C15H18N2/c1-3-4-5-10-17-11-9-14-13(12-16-2)7-6-8-15(14)17/h1,6-9,11,16H,4-5,10,12H2,2H3. The van der Waals surface area contributed by atoms with Gasteiger partial charge >= 0.3 is 0 Å². The zero-order valence-corrected chi connectivity index (χ0v) is 10.2. The number of benzene rings is 1. The fourth-order valence-electron chi connectivity index (χ4n) is 2.18. The van der Waals surface area contributed by atoms with Gasteiger partial charge < -0.3 is 9.88 Å². The number of rotatable bonds is 5. The van der Waals surface area contributed by atoms with Crippen molar-refractivity contribution in [3.8, 4) is 12.3 Å². The summed E-state index contributed by atoms with van der Waals surface area (Å²) in [6.45, 7) is 1.91. The van der Waals surface area contributed by atoms with E-state index in [2.05, 4.69) is 46.3 Å². The number of nitrogens with zero attached hydrogens (tertiary/aromatic N) is 1. The molecule has 0 unspecified atom stereocenters. The highest BCUT2D eigenvalue weighted by Gasteiger charge is 2.04. The van der Waals surface area contributed by atoms with Crippen LogP contribution in [0.5, 0.6) is 0 Å². The molecule has 0 aliphatic heterocycles. The second kappa shape index (κ2) is 5.56.